The van der Waals surface area contributed by atoms with E-state index in [2.05, 4.69) is 25.9 Å². The lowest BCUT2D eigenvalue weighted by Gasteiger charge is -2.16. The van der Waals surface area contributed by atoms with Gasteiger partial charge in [-0.2, -0.15) is 10.1 Å². The average molecular weight is 362 g/mol. The van der Waals surface area contributed by atoms with Crippen molar-refractivity contribution >= 4 is 11.8 Å². The lowest BCUT2D eigenvalue weighted by molar-refractivity contribution is 0.199. The lowest BCUT2D eigenvalue weighted by Crippen LogP contribution is -2.32. The molecule has 0 unspecified atom stereocenters. The Labute approximate surface area is 152 Å². The first-order valence-electron chi connectivity index (χ1n) is 9.02. The van der Waals surface area contributed by atoms with Crippen molar-refractivity contribution < 1.29 is 14.1 Å². The van der Waals surface area contributed by atoms with Crippen LogP contribution < -0.4 is 10.6 Å². The maximum atomic E-state index is 12.4. The maximum absolute atomic E-state index is 12.4. The first kappa shape index (κ1) is 18.4. The minimum absolute atomic E-state index is 0.326. The Hall–Kier alpha value is -2.42. The Morgan fingerprint density at radius 3 is 2.96 bits per heavy atom. The van der Waals surface area contributed by atoms with Crippen LogP contribution >= 0.6 is 0 Å². The third-order valence-electron chi connectivity index (χ3n) is 4.50. The molecule has 9 nitrogen and oxygen atoms in total. The largest absolute Gasteiger partial charge is 0.384 e. The SMILES string of the molecule is COCCc1noc([C@H](C)NC(=O)Nc2cc(C)nn2C2CCCC2)n1. The van der Waals surface area contributed by atoms with E-state index in [0.29, 0.717) is 36.6 Å². The number of urea groups is 1. The van der Waals surface area contributed by atoms with Gasteiger partial charge in [0.05, 0.1) is 18.3 Å². The minimum Gasteiger partial charge on any atom is -0.384 e. The van der Waals surface area contributed by atoms with Gasteiger partial charge in [-0.05, 0) is 26.7 Å². The molecule has 2 aromatic heterocycles. The van der Waals surface area contributed by atoms with E-state index >= 15 is 0 Å². The van der Waals surface area contributed by atoms with Crippen LogP contribution in [0, 0.1) is 6.92 Å². The van der Waals surface area contributed by atoms with Crippen LogP contribution in [0.1, 0.15) is 62.1 Å². The number of hydrogen-bond acceptors (Lipinski definition) is 6. The number of carbonyl (C=O) groups is 1. The van der Waals surface area contributed by atoms with Gasteiger partial charge in [-0.3, -0.25) is 5.32 Å². The highest BCUT2D eigenvalue weighted by atomic mass is 16.5. The van der Waals surface area contributed by atoms with Gasteiger partial charge in [0.2, 0.25) is 5.89 Å². The highest BCUT2D eigenvalue weighted by Gasteiger charge is 2.22. The fourth-order valence-electron chi connectivity index (χ4n) is 3.19. The Bertz CT molecular complexity index is 735. The highest BCUT2D eigenvalue weighted by Crippen LogP contribution is 2.31. The van der Waals surface area contributed by atoms with Gasteiger partial charge >= 0.3 is 6.03 Å². The normalized spacial score (nSPS) is 16.0. The maximum Gasteiger partial charge on any atom is 0.321 e. The van der Waals surface area contributed by atoms with Gasteiger partial charge in [-0.25, -0.2) is 9.48 Å². The Kier molecular flexibility index (Phi) is 5.87. The summed E-state index contributed by atoms with van der Waals surface area (Å²) in [5.74, 6) is 1.64. The van der Waals surface area contributed by atoms with Crippen LogP contribution in [0.3, 0.4) is 0 Å². The van der Waals surface area contributed by atoms with E-state index in [4.69, 9.17) is 9.26 Å². The third kappa shape index (κ3) is 4.40. The molecular formula is C17H26N6O3. The molecule has 2 aromatic rings. The van der Waals surface area contributed by atoms with Crippen molar-refractivity contribution in [1.82, 2.24) is 25.2 Å². The van der Waals surface area contributed by atoms with Crippen LogP contribution in [0.2, 0.25) is 0 Å². The van der Waals surface area contributed by atoms with Crippen molar-refractivity contribution in [2.45, 2.75) is 58.0 Å². The number of aromatic nitrogens is 4. The Morgan fingerprint density at radius 1 is 1.46 bits per heavy atom. The molecule has 0 radical (unpaired) electrons. The number of anilines is 1. The number of ether oxygens (including phenoxy) is 1. The second-order valence-corrected chi connectivity index (χ2v) is 6.67. The van der Waals surface area contributed by atoms with E-state index in [1.165, 1.54) is 12.8 Å². The van der Waals surface area contributed by atoms with Crippen molar-refractivity contribution in [3.63, 3.8) is 0 Å². The van der Waals surface area contributed by atoms with Crippen LogP contribution in [0.4, 0.5) is 10.6 Å². The number of nitrogens with zero attached hydrogens (tertiary/aromatic N) is 4. The number of amides is 2. The molecule has 1 saturated carbocycles. The van der Waals surface area contributed by atoms with E-state index in [1.54, 1.807) is 14.0 Å². The molecule has 0 spiro atoms. The number of rotatable bonds is 7. The predicted octanol–water partition coefficient (Wildman–Crippen LogP) is 2.76. The predicted molar refractivity (Wildman–Crippen MR) is 94.9 cm³/mol. The fraction of sp³-hybridized carbons (Fsp3) is 0.647. The fourth-order valence-corrected chi connectivity index (χ4v) is 3.19. The van der Waals surface area contributed by atoms with Crippen LogP contribution in [-0.4, -0.2) is 39.7 Å². The highest BCUT2D eigenvalue weighted by molar-refractivity contribution is 5.88. The second kappa shape index (κ2) is 8.31. The molecule has 1 atom stereocenters. The van der Waals surface area contributed by atoms with Gasteiger partial charge in [0, 0.05) is 19.6 Å². The molecule has 0 aromatic carbocycles. The summed E-state index contributed by atoms with van der Waals surface area (Å²) in [6.45, 7) is 4.25. The monoisotopic (exact) mass is 362 g/mol. The van der Waals surface area contributed by atoms with Crippen LogP contribution in [0.15, 0.2) is 10.6 Å². The van der Waals surface area contributed by atoms with Gasteiger partial charge < -0.3 is 14.6 Å². The average Bonchev–Trinajstić information content (AvgIpc) is 3.33. The molecule has 1 fully saturated rings. The molecule has 1 aliphatic carbocycles. The Balaban J connectivity index is 1.59. The van der Waals surface area contributed by atoms with E-state index in [9.17, 15) is 4.79 Å². The molecule has 0 aliphatic heterocycles. The molecule has 9 heteroatoms. The van der Waals surface area contributed by atoms with Crippen LogP contribution in [0.5, 0.6) is 0 Å². The summed E-state index contributed by atoms with van der Waals surface area (Å²) in [6, 6.07) is 1.52. The van der Waals surface area contributed by atoms with Crippen molar-refractivity contribution in [2.24, 2.45) is 0 Å². The molecular weight excluding hydrogens is 336 g/mol. The minimum atomic E-state index is -0.400. The zero-order chi connectivity index (χ0) is 18.5. The van der Waals surface area contributed by atoms with Gasteiger partial charge in [0.25, 0.3) is 0 Å². The van der Waals surface area contributed by atoms with Crippen molar-refractivity contribution in [3.05, 3.63) is 23.5 Å². The van der Waals surface area contributed by atoms with Crippen molar-refractivity contribution in [3.8, 4) is 0 Å². The summed E-state index contributed by atoms with van der Waals surface area (Å²) in [5.41, 5.74) is 0.889. The number of carbonyl (C=O) groups excluding carboxylic acids is 1. The molecule has 1 aliphatic rings. The number of hydrogen-bond donors (Lipinski definition) is 2. The quantitative estimate of drug-likeness (QED) is 0.784. The summed E-state index contributed by atoms with van der Waals surface area (Å²) < 4.78 is 12.1. The van der Waals surface area contributed by atoms with Crippen LogP contribution in [0.25, 0.3) is 0 Å². The first-order valence-corrected chi connectivity index (χ1v) is 9.02. The summed E-state index contributed by atoms with van der Waals surface area (Å²) >= 11 is 0. The van der Waals surface area contributed by atoms with Gasteiger partial charge in [0.1, 0.15) is 11.9 Å². The first-order chi connectivity index (χ1) is 12.6. The summed E-state index contributed by atoms with van der Waals surface area (Å²) in [6.07, 6.45) is 5.17. The summed E-state index contributed by atoms with van der Waals surface area (Å²) in [7, 11) is 1.62. The second-order valence-electron chi connectivity index (χ2n) is 6.67. The summed E-state index contributed by atoms with van der Waals surface area (Å²) in [5, 5.41) is 14.1. The number of nitrogens with one attached hydrogen (secondary N) is 2. The molecule has 2 N–H and O–H groups in total. The van der Waals surface area contributed by atoms with Crippen molar-refractivity contribution in [2.75, 3.05) is 19.0 Å². The van der Waals surface area contributed by atoms with Gasteiger partial charge in [0.15, 0.2) is 5.82 Å². The number of aryl methyl sites for hydroxylation is 1. The topological polar surface area (TPSA) is 107 Å². The zero-order valence-corrected chi connectivity index (χ0v) is 15.5. The van der Waals surface area contributed by atoms with Crippen molar-refractivity contribution in [1.29, 1.82) is 0 Å². The molecule has 0 saturated heterocycles. The number of methoxy groups -OCH3 is 1. The zero-order valence-electron chi connectivity index (χ0n) is 15.5. The molecule has 0 bridgehead atoms. The third-order valence-corrected chi connectivity index (χ3v) is 4.50. The van der Waals surface area contributed by atoms with E-state index < -0.39 is 6.04 Å². The molecule has 142 valence electrons. The molecule has 26 heavy (non-hydrogen) atoms. The van der Waals surface area contributed by atoms with Crippen LogP contribution in [-0.2, 0) is 11.2 Å². The summed E-state index contributed by atoms with van der Waals surface area (Å²) in [4.78, 5) is 16.7. The standard InChI is InChI=1S/C17H26N6O3/c1-11-10-15(23(21-11)13-6-4-5-7-13)20-17(24)18-12(2)16-19-14(22-26-16)8-9-25-3/h10,12-13H,4-9H2,1-3H3,(H2,18,20,24)/t12-/m0/s1. The van der Waals surface area contributed by atoms with E-state index in [-0.39, 0.29) is 6.03 Å². The molecule has 3 rings (SSSR count). The lowest BCUT2D eigenvalue weighted by atomic mass is 10.2. The van der Waals surface area contributed by atoms with Gasteiger partial charge in [-0.1, -0.05) is 18.0 Å². The Morgan fingerprint density at radius 2 is 2.23 bits per heavy atom. The van der Waals surface area contributed by atoms with E-state index in [1.807, 2.05) is 17.7 Å². The molecule has 2 heterocycles. The van der Waals surface area contributed by atoms with E-state index in [0.717, 1.165) is 18.5 Å². The smallest absolute Gasteiger partial charge is 0.321 e. The van der Waals surface area contributed by atoms with Gasteiger partial charge in [-0.15, -0.1) is 0 Å². The molecule has 2 amide bonds.